The summed E-state index contributed by atoms with van der Waals surface area (Å²) in [6.07, 6.45) is -3.34. The van der Waals surface area contributed by atoms with E-state index in [9.17, 15) is 35.2 Å². The summed E-state index contributed by atoms with van der Waals surface area (Å²) in [6, 6.07) is 8.38. The summed E-state index contributed by atoms with van der Waals surface area (Å²) in [6.45, 7) is 1.04. The van der Waals surface area contributed by atoms with E-state index in [1.165, 1.54) is 16.0 Å². The number of hydrogen-bond acceptors (Lipinski definition) is 9. The van der Waals surface area contributed by atoms with Crippen LogP contribution >= 0.6 is 11.3 Å². The van der Waals surface area contributed by atoms with E-state index in [0.717, 1.165) is 24.8 Å². The van der Waals surface area contributed by atoms with Gasteiger partial charge in [0.25, 0.3) is 5.92 Å². The monoisotopic (exact) mass is 861 g/mol. The SMILES string of the molecule is CC1CC1Nc1nc2nc([C@H](Cc3cc(F)cc(F)c3)NC(=O)Cn3nc(C(F)(F)F)c4c3C(F)(F)[C@@H]3CC[C@H]43)c(-c3cccc4c(NS(C)(=O)=O)nn(C)c34)cc2s1. The van der Waals surface area contributed by atoms with Crippen molar-refractivity contribution in [2.45, 2.75) is 69.3 Å². The molecule has 3 N–H and O–H groups in total. The number of amides is 1. The third kappa shape index (κ3) is 7.04. The molecule has 0 saturated heterocycles. The van der Waals surface area contributed by atoms with Gasteiger partial charge in [-0.15, -0.1) is 0 Å². The molecule has 12 nitrogen and oxygen atoms in total. The van der Waals surface area contributed by atoms with Crippen molar-refractivity contribution in [1.82, 2.24) is 34.8 Å². The number of aryl methyl sites for hydroxylation is 1. The van der Waals surface area contributed by atoms with E-state index in [1.54, 1.807) is 31.3 Å². The summed E-state index contributed by atoms with van der Waals surface area (Å²) in [5.41, 5.74) is -1.38. The molecule has 9 rings (SSSR count). The Morgan fingerprint density at radius 1 is 1.05 bits per heavy atom. The molecule has 3 aliphatic carbocycles. The number of aromatic nitrogens is 6. The number of anilines is 2. The molecule has 2 fully saturated rings. The number of fused-ring (bicyclic) bond motifs is 5. The topological polar surface area (TPSA) is 149 Å². The molecule has 2 unspecified atom stereocenters. The van der Waals surface area contributed by atoms with Gasteiger partial charge in [-0.1, -0.05) is 30.4 Å². The fourth-order valence-electron chi connectivity index (χ4n) is 8.42. The van der Waals surface area contributed by atoms with Gasteiger partial charge in [0, 0.05) is 47.2 Å². The summed E-state index contributed by atoms with van der Waals surface area (Å²) < 4.78 is 133. The molecule has 59 heavy (non-hydrogen) atoms. The third-order valence-corrected chi connectivity index (χ3v) is 12.8. The molecule has 0 spiro atoms. The van der Waals surface area contributed by atoms with Crippen LogP contribution in [-0.4, -0.2) is 56.2 Å². The fourth-order valence-corrected chi connectivity index (χ4v) is 9.83. The lowest BCUT2D eigenvalue weighted by atomic mass is 9.73. The van der Waals surface area contributed by atoms with Crippen molar-refractivity contribution in [1.29, 1.82) is 0 Å². The lowest BCUT2D eigenvalue weighted by Crippen LogP contribution is -2.36. The van der Waals surface area contributed by atoms with Gasteiger partial charge >= 0.3 is 6.18 Å². The van der Waals surface area contributed by atoms with Crippen LogP contribution in [0.25, 0.3) is 32.4 Å². The molecule has 5 atom stereocenters. The Balaban J connectivity index is 1.19. The van der Waals surface area contributed by atoms with Crippen molar-refractivity contribution in [3.8, 4) is 11.1 Å². The minimum atomic E-state index is -5.06. The molecule has 0 radical (unpaired) electrons. The lowest BCUT2D eigenvalue weighted by Gasteiger charge is -2.34. The number of sulfonamides is 1. The first-order valence-electron chi connectivity index (χ1n) is 18.6. The molecule has 0 aliphatic heterocycles. The lowest BCUT2D eigenvalue weighted by molar-refractivity contribution is -0.144. The Labute approximate surface area is 335 Å². The molecule has 4 aromatic heterocycles. The number of halogens is 7. The summed E-state index contributed by atoms with van der Waals surface area (Å²) in [7, 11) is -2.18. The number of hydrogen-bond donors (Lipinski definition) is 3. The molecule has 3 aliphatic rings. The predicted molar refractivity (Wildman–Crippen MR) is 204 cm³/mol. The van der Waals surface area contributed by atoms with Gasteiger partial charge < -0.3 is 10.6 Å². The van der Waals surface area contributed by atoms with Crippen LogP contribution in [0.4, 0.5) is 41.7 Å². The van der Waals surface area contributed by atoms with Gasteiger partial charge in [-0.05, 0) is 67.3 Å². The smallest absolute Gasteiger partial charge is 0.358 e. The minimum absolute atomic E-state index is 0.0157. The van der Waals surface area contributed by atoms with Crippen molar-refractivity contribution < 1.29 is 43.9 Å². The molecule has 4 heterocycles. The maximum Gasteiger partial charge on any atom is 0.435 e. The number of carbonyl (C=O) groups excluding carboxylic acids is 1. The Hall–Kier alpha value is -5.31. The zero-order valence-corrected chi connectivity index (χ0v) is 33.0. The molecule has 21 heteroatoms. The molecular formula is C38H34F7N9O3S2. The van der Waals surface area contributed by atoms with Crippen molar-refractivity contribution in [3.05, 3.63) is 82.3 Å². The van der Waals surface area contributed by atoms with Crippen LogP contribution < -0.4 is 15.4 Å². The summed E-state index contributed by atoms with van der Waals surface area (Å²) >= 11 is 1.30. The van der Waals surface area contributed by atoms with E-state index < -0.39 is 81.0 Å². The molecule has 2 aromatic carbocycles. The van der Waals surface area contributed by atoms with Crippen LogP contribution in [0.2, 0.25) is 0 Å². The van der Waals surface area contributed by atoms with E-state index in [-0.39, 0.29) is 48.0 Å². The van der Waals surface area contributed by atoms with Crippen LogP contribution in [0, 0.1) is 23.5 Å². The largest absolute Gasteiger partial charge is 0.435 e. The number of thiazole rings is 1. The zero-order chi connectivity index (χ0) is 41.9. The number of rotatable bonds is 11. The first-order valence-corrected chi connectivity index (χ1v) is 21.3. The summed E-state index contributed by atoms with van der Waals surface area (Å²) in [4.78, 5) is 23.6. The van der Waals surface area contributed by atoms with Gasteiger partial charge in [0.2, 0.25) is 15.9 Å². The van der Waals surface area contributed by atoms with Gasteiger partial charge in [0.15, 0.2) is 22.3 Å². The second kappa shape index (κ2) is 13.6. The Morgan fingerprint density at radius 2 is 1.78 bits per heavy atom. The second-order valence-electron chi connectivity index (χ2n) is 15.6. The maximum absolute atomic E-state index is 15.7. The predicted octanol–water partition coefficient (Wildman–Crippen LogP) is 7.63. The number of para-hydroxylation sites is 1. The van der Waals surface area contributed by atoms with E-state index in [1.807, 2.05) is 0 Å². The second-order valence-corrected chi connectivity index (χ2v) is 18.3. The number of carbonyl (C=O) groups is 1. The molecule has 6 aromatic rings. The minimum Gasteiger partial charge on any atom is -0.358 e. The molecule has 1 amide bonds. The van der Waals surface area contributed by atoms with Crippen LogP contribution in [-0.2, 0) is 46.9 Å². The van der Waals surface area contributed by atoms with Crippen molar-refractivity contribution in [2.24, 2.45) is 18.9 Å². The average Bonchev–Trinajstić information content (AvgIpc) is 3.36. The molecule has 0 bridgehead atoms. The van der Waals surface area contributed by atoms with Gasteiger partial charge in [-0.3, -0.25) is 18.9 Å². The van der Waals surface area contributed by atoms with E-state index in [4.69, 9.17) is 4.98 Å². The van der Waals surface area contributed by atoms with Crippen LogP contribution in [0.5, 0.6) is 0 Å². The number of nitrogens with one attached hydrogen (secondary N) is 3. The van der Waals surface area contributed by atoms with Crippen LogP contribution in [0.15, 0.2) is 42.5 Å². The molecular weight excluding hydrogens is 828 g/mol. The van der Waals surface area contributed by atoms with Crippen LogP contribution in [0.1, 0.15) is 66.4 Å². The first-order chi connectivity index (χ1) is 27.7. The van der Waals surface area contributed by atoms with E-state index in [0.29, 0.717) is 48.5 Å². The Kier molecular flexibility index (Phi) is 9.04. The highest BCUT2D eigenvalue weighted by Gasteiger charge is 2.63. The molecule has 2 saturated carbocycles. The number of alkyl halides is 5. The highest BCUT2D eigenvalue weighted by Crippen LogP contribution is 2.64. The van der Waals surface area contributed by atoms with Gasteiger partial charge in [0.1, 0.15) is 23.9 Å². The number of benzene rings is 2. The summed E-state index contributed by atoms with van der Waals surface area (Å²) in [5, 5.41) is 14.9. The number of nitrogens with zero attached hydrogens (tertiary/aromatic N) is 6. The highest BCUT2D eigenvalue weighted by molar-refractivity contribution is 7.92. The number of pyridine rings is 1. The van der Waals surface area contributed by atoms with Crippen molar-refractivity contribution >= 4 is 59.5 Å². The van der Waals surface area contributed by atoms with Crippen LogP contribution in [0.3, 0.4) is 0 Å². The van der Waals surface area contributed by atoms with Crippen molar-refractivity contribution in [2.75, 3.05) is 16.3 Å². The zero-order valence-electron chi connectivity index (χ0n) is 31.3. The van der Waals surface area contributed by atoms with Gasteiger partial charge in [0.05, 0.1) is 28.2 Å². The van der Waals surface area contributed by atoms with E-state index in [2.05, 4.69) is 37.5 Å². The maximum atomic E-state index is 15.7. The van der Waals surface area contributed by atoms with Crippen molar-refractivity contribution in [3.63, 3.8) is 0 Å². The summed E-state index contributed by atoms with van der Waals surface area (Å²) in [5.74, 6) is -8.50. The highest BCUT2D eigenvalue weighted by atomic mass is 32.2. The van der Waals surface area contributed by atoms with E-state index >= 15 is 8.78 Å². The Morgan fingerprint density at radius 3 is 2.42 bits per heavy atom. The normalized spacial score (nSPS) is 21.3. The quantitative estimate of drug-likeness (QED) is 0.113. The third-order valence-electron chi connectivity index (χ3n) is 11.3. The first kappa shape index (κ1) is 39.2. The van der Waals surface area contributed by atoms with Gasteiger partial charge in [-0.25, -0.2) is 27.2 Å². The Bertz CT molecular complexity index is 2800. The molecule has 310 valence electrons. The standard InChI is InChI=1S/C38H34F7N9O3S2/c1-16-9-25(16)47-36-49-35-27(58-36)14-23(20-5-4-6-22-31(20)53(2)51-34(22)52-59(3,56)57)30(48-35)26(12-17-10-18(39)13-19(40)11-17)46-28(55)15-54-33-29(32(50-54)38(43,44)45)21-7-8-24(21)37(33,41)42/h4-6,10-11,13-14,16,21,24-26H,7-9,12,15H2,1-3H3,(H,46,55)(H,51,52)(H,47,48,49)/t16?,21-,24+,25?,26-/m0/s1. The fraction of sp³-hybridized carbons (Fsp3) is 0.395. The van der Waals surface area contributed by atoms with Gasteiger partial charge in [-0.2, -0.15) is 32.1 Å². The average molecular weight is 862 g/mol.